The van der Waals surface area contributed by atoms with Crippen molar-refractivity contribution >= 4 is 31.6 Å². The summed E-state index contributed by atoms with van der Waals surface area (Å²) in [4.78, 5) is 0.00141. The molecule has 0 fully saturated rings. The van der Waals surface area contributed by atoms with Crippen LogP contribution in [0, 0.1) is 5.82 Å². The van der Waals surface area contributed by atoms with Crippen molar-refractivity contribution in [2.45, 2.75) is 4.90 Å². The molecule has 0 unspecified atom stereocenters. The summed E-state index contributed by atoms with van der Waals surface area (Å²) >= 11 is 3.08. The predicted octanol–water partition coefficient (Wildman–Crippen LogP) is 3.09. The number of sulfonamides is 1. The summed E-state index contributed by atoms with van der Waals surface area (Å²) in [6, 6.07) is 8.72. The molecule has 7 heteroatoms. The first-order chi connectivity index (χ1) is 8.88. The van der Waals surface area contributed by atoms with E-state index in [1.807, 2.05) is 0 Å². The van der Waals surface area contributed by atoms with Gasteiger partial charge in [0.05, 0.1) is 10.6 Å². The zero-order valence-corrected chi connectivity index (χ0v) is 11.9. The molecular weight excluding hydrogens is 337 g/mol. The van der Waals surface area contributed by atoms with Crippen molar-refractivity contribution in [3.8, 4) is 5.75 Å². The molecule has 0 spiro atoms. The van der Waals surface area contributed by atoms with Crippen LogP contribution in [0.4, 0.5) is 10.1 Å². The second-order valence-corrected chi connectivity index (χ2v) is 6.26. The fourth-order valence-electron chi connectivity index (χ4n) is 1.40. The summed E-state index contributed by atoms with van der Waals surface area (Å²) in [7, 11) is -3.78. The third-order valence-electron chi connectivity index (χ3n) is 2.32. The largest absolute Gasteiger partial charge is 0.508 e. The van der Waals surface area contributed by atoms with Crippen LogP contribution in [0.1, 0.15) is 0 Å². The molecule has 4 nitrogen and oxygen atoms in total. The maximum atomic E-state index is 12.9. The number of halogens is 2. The van der Waals surface area contributed by atoms with E-state index < -0.39 is 15.8 Å². The zero-order valence-electron chi connectivity index (χ0n) is 9.47. The van der Waals surface area contributed by atoms with Gasteiger partial charge < -0.3 is 5.11 Å². The van der Waals surface area contributed by atoms with E-state index in [4.69, 9.17) is 5.11 Å². The smallest absolute Gasteiger partial charge is 0.261 e. The maximum absolute atomic E-state index is 12.9. The predicted molar refractivity (Wildman–Crippen MR) is 73.0 cm³/mol. The van der Waals surface area contributed by atoms with Crippen LogP contribution in [0.3, 0.4) is 0 Å². The minimum absolute atomic E-state index is 0.00141. The van der Waals surface area contributed by atoms with E-state index in [0.29, 0.717) is 4.47 Å². The molecule has 0 bridgehead atoms. The van der Waals surface area contributed by atoms with Gasteiger partial charge in [-0.25, -0.2) is 12.8 Å². The molecule has 0 amide bonds. The van der Waals surface area contributed by atoms with Gasteiger partial charge in [0.1, 0.15) is 11.6 Å². The molecule has 0 aliphatic rings. The van der Waals surface area contributed by atoms with Crippen molar-refractivity contribution in [3.63, 3.8) is 0 Å². The highest BCUT2D eigenvalue weighted by atomic mass is 79.9. The topological polar surface area (TPSA) is 66.4 Å². The van der Waals surface area contributed by atoms with E-state index in [-0.39, 0.29) is 16.3 Å². The molecule has 100 valence electrons. The Labute approximate surface area is 118 Å². The lowest BCUT2D eigenvalue weighted by atomic mass is 10.3. The molecule has 2 N–H and O–H groups in total. The monoisotopic (exact) mass is 345 g/mol. The van der Waals surface area contributed by atoms with Crippen LogP contribution >= 0.6 is 15.9 Å². The molecule has 0 saturated carbocycles. The Kier molecular flexibility index (Phi) is 3.77. The van der Waals surface area contributed by atoms with Gasteiger partial charge in [-0.1, -0.05) is 0 Å². The van der Waals surface area contributed by atoms with Gasteiger partial charge in [-0.05, 0) is 58.4 Å². The first kappa shape index (κ1) is 13.8. The Morgan fingerprint density at radius 3 is 2.32 bits per heavy atom. The van der Waals surface area contributed by atoms with E-state index in [1.54, 1.807) is 0 Å². The number of nitrogens with one attached hydrogen (secondary N) is 1. The lowest BCUT2D eigenvalue weighted by molar-refractivity contribution is 0.475. The third kappa shape index (κ3) is 3.24. The highest BCUT2D eigenvalue weighted by Crippen LogP contribution is 2.26. The molecule has 0 radical (unpaired) electrons. The van der Waals surface area contributed by atoms with Gasteiger partial charge >= 0.3 is 0 Å². The Morgan fingerprint density at radius 2 is 1.74 bits per heavy atom. The molecular formula is C12H9BrFNO3S. The van der Waals surface area contributed by atoms with Gasteiger partial charge in [0.25, 0.3) is 10.0 Å². The second kappa shape index (κ2) is 5.18. The summed E-state index contributed by atoms with van der Waals surface area (Å²) in [6.07, 6.45) is 0. The molecule has 0 heterocycles. The molecule has 2 aromatic rings. The molecule has 0 aliphatic heterocycles. The van der Waals surface area contributed by atoms with E-state index in [1.165, 1.54) is 30.3 Å². The van der Waals surface area contributed by atoms with Gasteiger partial charge in [0.2, 0.25) is 0 Å². The highest BCUT2D eigenvalue weighted by Gasteiger charge is 2.15. The van der Waals surface area contributed by atoms with Crippen LogP contribution in [-0.2, 0) is 10.0 Å². The van der Waals surface area contributed by atoms with Gasteiger partial charge in [-0.15, -0.1) is 0 Å². The van der Waals surface area contributed by atoms with Gasteiger partial charge in [-0.2, -0.15) is 0 Å². The van der Waals surface area contributed by atoms with E-state index in [0.717, 1.165) is 12.1 Å². The third-order valence-corrected chi connectivity index (χ3v) is 4.36. The first-order valence-electron chi connectivity index (χ1n) is 5.15. The number of benzene rings is 2. The Hall–Kier alpha value is -1.60. The number of phenols is 1. The van der Waals surface area contributed by atoms with Crippen LogP contribution in [-0.4, -0.2) is 13.5 Å². The van der Waals surface area contributed by atoms with Gasteiger partial charge in [0, 0.05) is 4.47 Å². The van der Waals surface area contributed by atoms with E-state index in [9.17, 15) is 12.8 Å². The van der Waals surface area contributed by atoms with Crippen LogP contribution in [0.25, 0.3) is 0 Å². The standard InChI is InChI=1S/C12H9BrFNO3S/c13-11-7-8(14)1-6-12(11)15-19(17,18)10-4-2-9(16)3-5-10/h1-7,15-16H. The summed E-state index contributed by atoms with van der Waals surface area (Å²) in [5, 5.41) is 9.12. The van der Waals surface area contributed by atoms with Crippen molar-refractivity contribution in [2.24, 2.45) is 0 Å². The van der Waals surface area contributed by atoms with Crippen molar-refractivity contribution < 1.29 is 17.9 Å². The fourth-order valence-corrected chi connectivity index (χ4v) is 3.06. The first-order valence-corrected chi connectivity index (χ1v) is 7.43. The Morgan fingerprint density at radius 1 is 1.11 bits per heavy atom. The van der Waals surface area contributed by atoms with E-state index in [2.05, 4.69) is 20.7 Å². The van der Waals surface area contributed by atoms with Crippen LogP contribution < -0.4 is 4.72 Å². The van der Waals surface area contributed by atoms with E-state index >= 15 is 0 Å². The zero-order chi connectivity index (χ0) is 14.0. The SMILES string of the molecule is O=S(=O)(Nc1ccc(F)cc1Br)c1ccc(O)cc1. The van der Waals surface area contributed by atoms with Gasteiger partial charge in [-0.3, -0.25) is 4.72 Å². The van der Waals surface area contributed by atoms with Crippen LogP contribution in [0.15, 0.2) is 51.8 Å². The summed E-state index contributed by atoms with van der Waals surface area (Å²) < 4.78 is 39.6. The number of phenolic OH excluding ortho intramolecular Hbond substituents is 1. The fraction of sp³-hybridized carbons (Fsp3) is 0. The second-order valence-electron chi connectivity index (χ2n) is 3.72. The Bertz CT molecular complexity index is 701. The average Bonchev–Trinajstić information content (AvgIpc) is 2.33. The average molecular weight is 346 g/mol. The number of anilines is 1. The molecule has 0 saturated heterocycles. The summed E-state index contributed by atoms with van der Waals surface area (Å²) in [5.41, 5.74) is 0.231. The number of rotatable bonds is 3. The molecule has 0 atom stereocenters. The van der Waals surface area contributed by atoms with Crippen molar-refractivity contribution in [1.29, 1.82) is 0 Å². The molecule has 2 aromatic carbocycles. The highest BCUT2D eigenvalue weighted by molar-refractivity contribution is 9.10. The maximum Gasteiger partial charge on any atom is 0.261 e. The number of hydrogen-bond acceptors (Lipinski definition) is 3. The molecule has 19 heavy (non-hydrogen) atoms. The van der Waals surface area contributed by atoms with Crippen LogP contribution in [0.5, 0.6) is 5.75 Å². The molecule has 0 aliphatic carbocycles. The normalized spacial score (nSPS) is 11.3. The molecule has 2 rings (SSSR count). The number of hydrogen-bond donors (Lipinski definition) is 2. The van der Waals surface area contributed by atoms with Crippen molar-refractivity contribution in [3.05, 3.63) is 52.8 Å². The van der Waals surface area contributed by atoms with Crippen molar-refractivity contribution in [2.75, 3.05) is 4.72 Å². The lowest BCUT2D eigenvalue weighted by Crippen LogP contribution is -2.13. The van der Waals surface area contributed by atoms with Crippen LogP contribution in [0.2, 0.25) is 0 Å². The summed E-state index contributed by atoms with van der Waals surface area (Å²) in [5.74, 6) is -0.499. The van der Waals surface area contributed by atoms with Gasteiger partial charge in [0.15, 0.2) is 0 Å². The number of aromatic hydroxyl groups is 1. The summed E-state index contributed by atoms with van der Waals surface area (Å²) in [6.45, 7) is 0. The minimum Gasteiger partial charge on any atom is -0.508 e. The molecule has 0 aromatic heterocycles. The lowest BCUT2D eigenvalue weighted by Gasteiger charge is -2.09. The van der Waals surface area contributed by atoms with Crippen molar-refractivity contribution in [1.82, 2.24) is 0 Å². The quantitative estimate of drug-likeness (QED) is 0.898. The minimum atomic E-state index is -3.78. The Balaban J connectivity index is 2.33.